The first-order chi connectivity index (χ1) is 11.7. The second-order valence-electron chi connectivity index (χ2n) is 5.42. The van der Waals surface area contributed by atoms with Crippen molar-refractivity contribution >= 4 is 5.91 Å². The van der Waals surface area contributed by atoms with E-state index in [0.29, 0.717) is 17.7 Å². The Balaban J connectivity index is 1.64. The third kappa shape index (κ3) is 3.33. The van der Waals surface area contributed by atoms with Crippen molar-refractivity contribution in [3.05, 3.63) is 83.2 Å². The summed E-state index contributed by atoms with van der Waals surface area (Å²) >= 11 is 0. The fourth-order valence-corrected chi connectivity index (χ4v) is 2.38. The Hall–Kier alpha value is -3.39. The number of aromatic nitrogens is 2. The van der Waals surface area contributed by atoms with Crippen molar-refractivity contribution in [3.8, 4) is 11.8 Å². The number of hydrogen-bond acceptors (Lipinski definition) is 3. The van der Waals surface area contributed by atoms with Crippen LogP contribution in [0.2, 0.25) is 0 Å². The van der Waals surface area contributed by atoms with Gasteiger partial charge in [0.05, 0.1) is 17.3 Å². The molecule has 24 heavy (non-hydrogen) atoms. The molecule has 0 spiro atoms. The van der Waals surface area contributed by atoms with Gasteiger partial charge in [0.25, 0.3) is 5.91 Å². The molecule has 1 amide bonds. The number of carbonyl (C=O) groups excluding carboxylic acids is 1. The van der Waals surface area contributed by atoms with Gasteiger partial charge in [-0.1, -0.05) is 12.1 Å². The van der Waals surface area contributed by atoms with Crippen LogP contribution in [0.25, 0.3) is 5.69 Å². The average Bonchev–Trinajstić information content (AvgIpc) is 3.06. The first kappa shape index (κ1) is 15.5. The van der Waals surface area contributed by atoms with E-state index >= 15 is 0 Å². The molecule has 0 aliphatic carbocycles. The number of nitrogens with zero attached hydrogens (tertiary/aromatic N) is 3. The second-order valence-corrected chi connectivity index (χ2v) is 5.42. The molecular weight excluding hydrogens is 300 g/mol. The highest BCUT2D eigenvalue weighted by Crippen LogP contribution is 2.11. The van der Waals surface area contributed by atoms with E-state index in [1.165, 1.54) is 0 Å². The van der Waals surface area contributed by atoms with Crippen LogP contribution in [0.15, 0.2) is 60.8 Å². The minimum atomic E-state index is -0.136. The summed E-state index contributed by atoms with van der Waals surface area (Å²) < 4.78 is 1.82. The van der Waals surface area contributed by atoms with Gasteiger partial charge in [-0.15, -0.1) is 0 Å². The number of aryl methyl sites for hydroxylation is 1. The quantitative estimate of drug-likeness (QED) is 0.804. The molecule has 5 nitrogen and oxygen atoms in total. The zero-order valence-corrected chi connectivity index (χ0v) is 13.2. The standard InChI is InChI=1S/C19H16N4O/c1-14-10-11-22-23(14)18-8-6-17(7-9-18)19(24)21-13-16-4-2-15(12-20)3-5-16/h2-11H,13H2,1H3,(H,21,24). The topological polar surface area (TPSA) is 70.7 Å². The summed E-state index contributed by atoms with van der Waals surface area (Å²) in [6.07, 6.45) is 1.74. The van der Waals surface area contributed by atoms with Crippen molar-refractivity contribution in [2.45, 2.75) is 13.5 Å². The smallest absolute Gasteiger partial charge is 0.251 e. The molecule has 0 aliphatic heterocycles. The van der Waals surface area contributed by atoms with Crippen LogP contribution in [0, 0.1) is 18.3 Å². The highest BCUT2D eigenvalue weighted by atomic mass is 16.1. The molecule has 118 valence electrons. The number of nitriles is 1. The van der Waals surface area contributed by atoms with Crippen molar-refractivity contribution in [3.63, 3.8) is 0 Å². The Morgan fingerprint density at radius 3 is 2.42 bits per heavy atom. The predicted molar refractivity (Wildman–Crippen MR) is 90.6 cm³/mol. The van der Waals surface area contributed by atoms with E-state index in [2.05, 4.69) is 16.5 Å². The summed E-state index contributed by atoms with van der Waals surface area (Å²) in [6, 6.07) is 18.5. The number of carbonyl (C=O) groups is 1. The summed E-state index contributed by atoms with van der Waals surface area (Å²) in [5, 5.41) is 15.9. The van der Waals surface area contributed by atoms with Gasteiger partial charge >= 0.3 is 0 Å². The number of nitrogens with one attached hydrogen (secondary N) is 1. The molecule has 5 heteroatoms. The molecule has 0 saturated heterocycles. The van der Waals surface area contributed by atoms with Crippen LogP contribution in [0.4, 0.5) is 0 Å². The molecule has 0 aliphatic rings. The van der Waals surface area contributed by atoms with E-state index in [1.807, 2.05) is 41.9 Å². The SMILES string of the molecule is Cc1ccnn1-c1ccc(C(=O)NCc2ccc(C#N)cc2)cc1. The lowest BCUT2D eigenvalue weighted by atomic mass is 10.1. The van der Waals surface area contributed by atoms with Crippen molar-refractivity contribution in [1.82, 2.24) is 15.1 Å². The summed E-state index contributed by atoms with van der Waals surface area (Å²) in [5.41, 5.74) is 4.10. The van der Waals surface area contributed by atoms with Crippen molar-refractivity contribution in [1.29, 1.82) is 5.26 Å². The van der Waals surface area contributed by atoms with Gasteiger partial charge in [-0.3, -0.25) is 4.79 Å². The van der Waals surface area contributed by atoms with Gasteiger partial charge in [-0.25, -0.2) is 4.68 Å². The van der Waals surface area contributed by atoms with Gasteiger partial charge in [0.1, 0.15) is 0 Å². The maximum Gasteiger partial charge on any atom is 0.251 e. The first-order valence-electron chi connectivity index (χ1n) is 7.55. The van der Waals surface area contributed by atoms with E-state index in [4.69, 9.17) is 5.26 Å². The Morgan fingerprint density at radius 1 is 1.12 bits per heavy atom. The molecule has 2 aromatic carbocycles. The lowest BCUT2D eigenvalue weighted by Crippen LogP contribution is -2.22. The summed E-state index contributed by atoms with van der Waals surface area (Å²) in [6.45, 7) is 2.40. The molecule has 0 atom stereocenters. The second kappa shape index (κ2) is 6.80. The number of benzene rings is 2. The summed E-state index contributed by atoms with van der Waals surface area (Å²) in [4.78, 5) is 12.2. The van der Waals surface area contributed by atoms with Crippen LogP contribution in [0.1, 0.15) is 27.2 Å². The highest BCUT2D eigenvalue weighted by molar-refractivity contribution is 5.94. The Kier molecular flexibility index (Phi) is 4.39. The third-order valence-corrected chi connectivity index (χ3v) is 3.74. The Labute approximate surface area is 140 Å². The fourth-order valence-electron chi connectivity index (χ4n) is 2.38. The molecule has 1 aromatic heterocycles. The molecule has 0 unspecified atom stereocenters. The van der Waals surface area contributed by atoms with Gasteiger partial charge < -0.3 is 5.32 Å². The van der Waals surface area contributed by atoms with E-state index in [-0.39, 0.29) is 5.91 Å². The average molecular weight is 316 g/mol. The molecule has 0 saturated carbocycles. The number of rotatable bonds is 4. The van der Waals surface area contributed by atoms with Crippen molar-refractivity contribution < 1.29 is 4.79 Å². The van der Waals surface area contributed by atoms with Crippen LogP contribution in [0.5, 0.6) is 0 Å². The normalized spacial score (nSPS) is 10.2. The monoisotopic (exact) mass is 316 g/mol. The maximum absolute atomic E-state index is 12.2. The van der Waals surface area contributed by atoms with E-state index in [0.717, 1.165) is 16.9 Å². The lowest BCUT2D eigenvalue weighted by Gasteiger charge is -2.08. The van der Waals surface area contributed by atoms with E-state index in [1.54, 1.807) is 30.5 Å². The van der Waals surface area contributed by atoms with Gasteiger partial charge in [0, 0.05) is 24.0 Å². The van der Waals surface area contributed by atoms with E-state index < -0.39 is 0 Å². The largest absolute Gasteiger partial charge is 0.348 e. The van der Waals surface area contributed by atoms with Gasteiger partial charge in [-0.2, -0.15) is 10.4 Å². The van der Waals surface area contributed by atoms with Crippen molar-refractivity contribution in [2.24, 2.45) is 0 Å². The predicted octanol–water partition coefficient (Wildman–Crippen LogP) is 2.98. The van der Waals surface area contributed by atoms with Gasteiger partial charge in [-0.05, 0) is 55.0 Å². The fraction of sp³-hybridized carbons (Fsp3) is 0.105. The zero-order valence-electron chi connectivity index (χ0n) is 13.2. The third-order valence-electron chi connectivity index (χ3n) is 3.74. The molecule has 3 rings (SSSR count). The maximum atomic E-state index is 12.2. The van der Waals surface area contributed by atoms with Crippen LogP contribution in [-0.2, 0) is 6.54 Å². The summed E-state index contributed by atoms with van der Waals surface area (Å²) in [7, 11) is 0. The minimum Gasteiger partial charge on any atom is -0.348 e. The van der Waals surface area contributed by atoms with Crippen LogP contribution < -0.4 is 5.32 Å². The zero-order chi connectivity index (χ0) is 16.9. The van der Waals surface area contributed by atoms with Crippen LogP contribution >= 0.6 is 0 Å². The van der Waals surface area contributed by atoms with E-state index in [9.17, 15) is 4.79 Å². The van der Waals surface area contributed by atoms with Crippen LogP contribution in [0.3, 0.4) is 0 Å². The summed E-state index contributed by atoms with van der Waals surface area (Å²) in [5.74, 6) is -0.136. The van der Waals surface area contributed by atoms with Gasteiger partial charge in [0.15, 0.2) is 0 Å². The first-order valence-corrected chi connectivity index (χ1v) is 7.55. The molecule has 0 radical (unpaired) electrons. The molecule has 3 aromatic rings. The number of hydrogen-bond donors (Lipinski definition) is 1. The van der Waals surface area contributed by atoms with Crippen LogP contribution in [-0.4, -0.2) is 15.7 Å². The minimum absolute atomic E-state index is 0.136. The molecule has 1 heterocycles. The highest BCUT2D eigenvalue weighted by Gasteiger charge is 2.07. The molecular formula is C19H16N4O. The molecule has 0 bridgehead atoms. The molecule has 0 fully saturated rings. The van der Waals surface area contributed by atoms with Crippen molar-refractivity contribution in [2.75, 3.05) is 0 Å². The Morgan fingerprint density at radius 2 is 1.83 bits per heavy atom. The number of amides is 1. The van der Waals surface area contributed by atoms with Gasteiger partial charge in [0.2, 0.25) is 0 Å². The Bertz CT molecular complexity index is 886. The lowest BCUT2D eigenvalue weighted by molar-refractivity contribution is 0.0951. The molecule has 1 N–H and O–H groups in total.